The van der Waals surface area contributed by atoms with Gasteiger partial charge in [-0.15, -0.1) is 0 Å². The van der Waals surface area contributed by atoms with E-state index in [1.807, 2.05) is 30.3 Å². The molecule has 1 aliphatic heterocycles. The highest BCUT2D eigenvalue weighted by Gasteiger charge is 2.47. The summed E-state index contributed by atoms with van der Waals surface area (Å²) in [5.41, 5.74) is 0.205. The summed E-state index contributed by atoms with van der Waals surface area (Å²) in [7, 11) is 0. The van der Waals surface area contributed by atoms with Gasteiger partial charge in [-0.1, -0.05) is 30.3 Å². The fourth-order valence-corrected chi connectivity index (χ4v) is 2.94. The number of ether oxygens (including phenoxy) is 1. The van der Waals surface area contributed by atoms with Crippen LogP contribution in [0.2, 0.25) is 0 Å². The Morgan fingerprint density at radius 2 is 1.77 bits per heavy atom. The van der Waals surface area contributed by atoms with Crippen molar-refractivity contribution < 1.29 is 18.7 Å². The number of hydrogen-bond donors (Lipinski definition) is 1. The van der Waals surface area contributed by atoms with E-state index in [-0.39, 0.29) is 24.9 Å². The molecule has 1 heterocycles. The van der Waals surface area contributed by atoms with Crippen LogP contribution in [0.4, 0.5) is 9.18 Å². The van der Waals surface area contributed by atoms with E-state index in [1.165, 1.54) is 29.2 Å². The molecular formula is C20H21FN2O3. The highest BCUT2D eigenvalue weighted by molar-refractivity contribution is 6.06. The topological polar surface area (TPSA) is 58.6 Å². The first-order chi connectivity index (χ1) is 12.5. The summed E-state index contributed by atoms with van der Waals surface area (Å²) in [5, 5.41) is 2.79. The molecule has 2 aromatic rings. The van der Waals surface area contributed by atoms with E-state index in [1.54, 1.807) is 6.92 Å². The van der Waals surface area contributed by atoms with E-state index >= 15 is 0 Å². The molecule has 1 atom stereocenters. The molecule has 136 valence electrons. The maximum atomic E-state index is 12.9. The third kappa shape index (κ3) is 4.02. The van der Waals surface area contributed by atoms with Crippen LogP contribution in [0.3, 0.4) is 0 Å². The average Bonchev–Trinajstić information content (AvgIpc) is 2.86. The molecule has 2 aromatic carbocycles. The summed E-state index contributed by atoms with van der Waals surface area (Å²) in [6.45, 7) is 2.04. The number of imide groups is 1. The van der Waals surface area contributed by atoms with Crippen LogP contribution >= 0.6 is 0 Å². The van der Waals surface area contributed by atoms with Crippen molar-refractivity contribution in [3.8, 4) is 5.75 Å². The zero-order valence-electron chi connectivity index (χ0n) is 14.6. The summed E-state index contributed by atoms with van der Waals surface area (Å²) in [6.07, 6.45) is 1.22. The highest BCUT2D eigenvalue weighted by atomic mass is 19.1. The molecule has 0 saturated carbocycles. The molecule has 0 unspecified atom stereocenters. The second kappa shape index (κ2) is 7.56. The maximum absolute atomic E-state index is 12.9. The lowest BCUT2D eigenvalue weighted by atomic mass is 9.93. The van der Waals surface area contributed by atoms with Crippen LogP contribution in [-0.2, 0) is 11.2 Å². The smallest absolute Gasteiger partial charge is 0.325 e. The summed E-state index contributed by atoms with van der Waals surface area (Å²) in [4.78, 5) is 26.0. The number of halogens is 1. The Morgan fingerprint density at radius 3 is 2.46 bits per heavy atom. The summed E-state index contributed by atoms with van der Waals surface area (Å²) < 4.78 is 18.4. The predicted molar refractivity (Wildman–Crippen MR) is 95.3 cm³/mol. The number of carbonyl (C=O) groups excluding carboxylic acids is 2. The molecule has 0 spiro atoms. The molecule has 6 heteroatoms. The number of rotatable bonds is 7. The van der Waals surface area contributed by atoms with Gasteiger partial charge in [0.2, 0.25) is 0 Å². The predicted octanol–water partition coefficient (Wildman–Crippen LogP) is 3.15. The Hall–Kier alpha value is -2.89. The van der Waals surface area contributed by atoms with Crippen LogP contribution in [0, 0.1) is 5.82 Å². The lowest BCUT2D eigenvalue weighted by Crippen LogP contribution is -2.44. The van der Waals surface area contributed by atoms with Gasteiger partial charge in [-0.2, -0.15) is 0 Å². The van der Waals surface area contributed by atoms with Gasteiger partial charge in [0.15, 0.2) is 0 Å². The van der Waals surface area contributed by atoms with Gasteiger partial charge >= 0.3 is 6.03 Å². The molecule has 5 nitrogen and oxygen atoms in total. The zero-order chi connectivity index (χ0) is 18.6. The zero-order valence-corrected chi connectivity index (χ0v) is 14.6. The molecule has 1 aliphatic rings. The van der Waals surface area contributed by atoms with E-state index in [0.29, 0.717) is 18.6 Å². The van der Waals surface area contributed by atoms with E-state index < -0.39 is 11.6 Å². The van der Waals surface area contributed by atoms with Gasteiger partial charge in [-0.3, -0.25) is 9.69 Å². The number of carbonyl (C=O) groups is 2. The monoisotopic (exact) mass is 356 g/mol. The van der Waals surface area contributed by atoms with Crippen LogP contribution in [0.5, 0.6) is 5.75 Å². The first kappa shape index (κ1) is 17.9. The maximum Gasteiger partial charge on any atom is 0.325 e. The van der Waals surface area contributed by atoms with Gasteiger partial charge in [0.1, 0.15) is 23.7 Å². The Balaban J connectivity index is 1.54. The molecule has 1 N–H and O–H groups in total. The lowest BCUT2D eigenvalue weighted by molar-refractivity contribution is -0.131. The van der Waals surface area contributed by atoms with Gasteiger partial charge in [0.25, 0.3) is 5.91 Å². The molecule has 1 fully saturated rings. The van der Waals surface area contributed by atoms with E-state index in [9.17, 15) is 14.0 Å². The summed E-state index contributed by atoms with van der Waals surface area (Å²) in [5.74, 6) is -0.105. The molecule has 0 bridgehead atoms. The molecule has 0 aromatic heterocycles. The van der Waals surface area contributed by atoms with Crippen LogP contribution < -0.4 is 10.1 Å². The van der Waals surface area contributed by atoms with Gasteiger partial charge in [0.05, 0.1) is 6.54 Å². The third-order valence-electron chi connectivity index (χ3n) is 4.50. The van der Waals surface area contributed by atoms with Gasteiger partial charge in [-0.25, -0.2) is 9.18 Å². The normalized spacial score (nSPS) is 19.5. The number of hydrogen-bond acceptors (Lipinski definition) is 3. The Morgan fingerprint density at radius 1 is 1.08 bits per heavy atom. The van der Waals surface area contributed by atoms with Crippen LogP contribution in [0.25, 0.3) is 0 Å². The lowest BCUT2D eigenvalue weighted by Gasteiger charge is -2.21. The van der Waals surface area contributed by atoms with E-state index in [2.05, 4.69) is 5.32 Å². The van der Waals surface area contributed by atoms with Crippen LogP contribution in [-0.4, -0.2) is 35.5 Å². The fourth-order valence-electron chi connectivity index (χ4n) is 2.94. The molecular weight excluding hydrogens is 335 g/mol. The first-order valence-electron chi connectivity index (χ1n) is 8.54. The summed E-state index contributed by atoms with van der Waals surface area (Å²) in [6, 6.07) is 15.0. The number of benzene rings is 2. The minimum atomic E-state index is -0.914. The highest BCUT2D eigenvalue weighted by Crippen LogP contribution is 2.23. The second-order valence-corrected chi connectivity index (χ2v) is 6.51. The van der Waals surface area contributed by atoms with Crippen molar-refractivity contribution in [3.63, 3.8) is 0 Å². The van der Waals surface area contributed by atoms with Crippen molar-refractivity contribution in [2.45, 2.75) is 25.3 Å². The number of aryl methyl sites for hydroxylation is 1. The van der Waals surface area contributed by atoms with Gasteiger partial charge in [0, 0.05) is 0 Å². The Bertz CT molecular complexity index is 779. The van der Waals surface area contributed by atoms with Crippen LogP contribution in [0.15, 0.2) is 54.6 Å². The average molecular weight is 356 g/mol. The van der Waals surface area contributed by atoms with Crippen molar-refractivity contribution in [1.82, 2.24) is 10.2 Å². The largest absolute Gasteiger partial charge is 0.492 e. The standard InChI is InChI=1S/C20H21FN2O3/c1-20(12-11-15-5-3-2-4-6-15)18(24)23(19(25)22-20)13-14-26-17-9-7-16(21)8-10-17/h2-10H,11-14H2,1H3,(H,22,25)/t20-/m0/s1. The van der Waals surface area contributed by atoms with E-state index in [4.69, 9.17) is 4.74 Å². The van der Waals surface area contributed by atoms with Crippen molar-refractivity contribution in [1.29, 1.82) is 0 Å². The second-order valence-electron chi connectivity index (χ2n) is 6.51. The summed E-state index contributed by atoms with van der Waals surface area (Å²) >= 11 is 0. The minimum absolute atomic E-state index is 0.142. The molecule has 3 rings (SSSR count). The first-order valence-corrected chi connectivity index (χ1v) is 8.54. The SMILES string of the molecule is C[C@@]1(CCc2ccccc2)NC(=O)N(CCOc2ccc(F)cc2)C1=O. The van der Waals surface area contributed by atoms with E-state index in [0.717, 1.165) is 5.56 Å². The van der Waals surface area contributed by atoms with Crippen molar-refractivity contribution in [2.75, 3.05) is 13.2 Å². The minimum Gasteiger partial charge on any atom is -0.492 e. The number of nitrogens with one attached hydrogen (secondary N) is 1. The van der Waals surface area contributed by atoms with Gasteiger partial charge in [-0.05, 0) is 49.6 Å². The molecule has 0 aliphatic carbocycles. The number of nitrogens with zero attached hydrogens (tertiary/aromatic N) is 1. The molecule has 1 saturated heterocycles. The molecule has 26 heavy (non-hydrogen) atoms. The van der Waals surface area contributed by atoms with Crippen molar-refractivity contribution >= 4 is 11.9 Å². The quantitative estimate of drug-likeness (QED) is 0.776. The van der Waals surface area contributed by atoms with Crippen molar-refractivity contribution in [2.24, 2.45) is 0 Å². The third-order valence-corrected chi connectivity index (χ3v) is 4.50. The Kier molecular flexibility index (Phi) is 5.21. The Labute approximate surface area is 151 Å². The fraction of sp³-hybridized carbons (Fsp3) is 0.300. The van der Waals surface area contributed by atoms with Crippen LogP contribution in [0.1, 0.15) is 18.9 Å². The van der Waals surface area contributed by atoms with Gasteiger partial charge < -0.3 is 10.1 Å². The molecule has 0 radical (unpaired) electrons. The van der Waals surface area contributed by atoms with Crippen molar-refractivity contribution in [3.05, 3.63) is 66.0 Å². The number of urea groups is 1. The molecule has 3 amide bonds. The number of amides is 3.